The molecule has 130 valence electrons. The molecule has 1 atom stereocenters. The van der Waals surface area contributed by atoms with Gasteiger partial charge in [-0.15, -0.1) is 0 Å². The monoisotopic (exact) mass is 363 g/mol. The maximum Gasteiger partial charge on any atom is 0.313 e. The maximum atomic E-state index is 12.1. The van der Waals surface area contributed by atoms with Crippen LogP contribution in [0.15, 0.2) is 41.0 Å². The fraction of sp³-hybridized carbons (Fsp3) is 0.235. The van der Waals surface area contributed by atoms with Gasteiger partial charge in [0.2, 0.25) is 0 Å². The number of benzene rings is 1. The molecule has 0 saturated heterocycles. The molecule has 2 aromatic rings. The number of nitrogens with one attached hydrogen (secondary N) is 1. The van der Waals surface area contributed by atoms with E-state index in [4.69, 9.17) is 25.5 Å². The summed E-state index contributed by atoms with van der Waals surface area (Å²) in [6.07, 6.45) is 1.72. The van der Waals surface area contributed by atoms with Crippen LogP contribution in [0, 0.1) is 5.92 Å². The van der Waals surface area contributed by atoms with Gasteiger partial charge in [0.25, 0.3) is 11.8 Å². The zero-order valence-corrected chi connectivity index (χ0v) is 13.7. The molecule has 1 N–H and O–H groups in total. The summed E-state index contributed by atoms with van der Waals surface area (Å²) in [6, 6.07) is 8.11. The van der Waals surface area contributed by atoms with Crippen molar-refractivity contribution < 1.29 is 28.3 Å². The Bertz CT molecular complexity index is 801. The maximum absolute atomic E-state index is 12.1. The van der Waals surface area contributed by atoms with Crippen LogP contribution in [-0.4, -0.2) is 31.0 Å². The minimum absolute atomic E-state index is 0.00570. The quantitative estimate of drug-likeness (QED) is 0.835. The molecule has 2 amide bonds. The molecule has 2 heterocycles. The van der Waals surface area contributed by atoms with Crippen LogP contribution >= 0.6 is 11.6 Å². The van der Waals surface area contributed by atoms with Gasteiger partial charge in [-0.1, -0.05) is 11.6 Å². The molecule has 0 fully saturated rings. The molecule has 1 aliphatic heterocycles. The lowest BCUT2D eigenvalue weighted by atomic mass is 9.97. The normalized spacial score (nSPS) is 15.6. The minimum atomic E-state index is -0.741. The van der Waals surface area contributed by atoms with Gasteiger partial charge >= 0.3 is 5.97 Å². The van der Waals surface area contributed by atoms with E-state index in [-0.39, 0.29) is 12.4 Å². The molecule has 0 saturated carbocycles. The van der Waals surface area contributed by atoms with Crippen molar-refractivity contribution in [3.8, 4) is 5.75 Å². The first kappa shape index (κ1) is 17.0. The minimum Gasteiger partial charge on any atom is -0.492 e. The lowest BCUT2D eigenvalue weighted by Gasteiger charge is -2.24. The van der Waals surface area contributed by atoms with Gasteiger partial charge in [0.1, 0.15) is 12.4 Å². The fourth-order valence-electron chi connectivity index (χ4n) is 2.40. The highest BCUT2D eigenvalue weighted by molar-refractivity contribution is 6.30. The number of rotatable bonds is 4. The van der Waals surface area contributed by atoms with E-state index in [1.165, 1.54) is 18.4 Å². The molecule has 0 bridgehead atoms. The molecule has 3 rings (SSSR count). The number of amides is 2. The Labute approximate surface area is 147 Å². The predicted octanol–water partition coefficient (Wildman–Crippen LogP) is 1.98. The standard InChI is InChI=1S/C17H14ClNO6/c18-12-3-4-13-10(7-12)6-11(8-24-13)17(22)25-9-15(20)19-16(21)14-2-1-5-23-14/h1-5,7,11H,6,8-9H2,(H,19,20,21). The lowest BCUT2D eigenvalue weighted by molar-refractivity contribution is -0.153. The Morgan fingerprint density at radius 3 is 2.88 bits per heavy atom. The summed E-state index contributed by atoms with van der Waals surface area (Å²) >= 11 is 5.93. The molecular weight excluding hydrogens is 350 g/mol. The summed E-state index contributed by atoms with van der Waals surface area (Å²) in [4.78, 5) is 35.4. The van der Waals surface area contributed by atoms with Gasteiger partial charge in [-0.25, -0.2) is 0 Å². The van der Waals surface area contributed by atoms with Crippen LogP contribution in [0.3, 0.4) is 0 Å². The van der Waals surface area contributed by atoms with E-state index < -0.39 is 30.3 Å². The topological polar surface area (TPSA) is 94.8 Å². The number of carbonyl (C=O) groups is 3. The molecule has 7 nitrogen and oxygen atoms in total. The molecule has 0 spiro atoms. The number of hydrogen-bond acceptors (Lipinski definition) is 6. The molecule has 1 unspecified atom stereocenters. The number of imide groups is 1. The summed E-state index contributed by atoms with van der Waals surface area (Å²) in [5.74, 6) is -1.89. The van der Waals surface area contributed by atoms with Gasteiger partial charge in [-0.2, -0.15) is 0 Å². The molecule has 1 aromatic heterocycles. The van der Waals surface area contributed by atoms with E-state index in [0.29, 0.717) is 17.2 Å². The summed E-state index contributed by atoms with van der Waals surface area (Å²) in [6.45, 7) is -0.412. The smallest absolute Gasteiger partial charge is 0.313 e. The Balaban J connectivity index is 1.49. The Morgan fingerprint density at radius 2 is 2.12 bits per heavy atom. The summed E-state index contributed by atoms with van der Waals surface area (Å²) in [5.41, 5.74) is 0.804. The van der Waals surface area contributed by atoms with Crippen molar-refractivity contribution in [2.24, 2.45) is 5.92 Å². The van der Waals surface area contributed by atoms with E-state index in [1.807, 2.05) is 0 Å². The van der Waals surface area contributed by atoms with Crippen molar-refractivity contribution in [2.45, 2.75) is 6.42 Å². The number of furan rings is 1. The van der Waals surface area contributed by atoms with E-state index in [9.17, 15) is 14.4 Å². The number of hydrogen-bond donors (Lipinski definition) is 1. The molecule has 8 heteroatoms. The second kappa shape index (κ2) is 7.40. The predicted molar refractivity (Wildman–Crippen MR) is 86.3 cm³/mol. The summed E-state index contributed by atoms with van der Waals surface area (Å²) in [7, 11) is 0. The molecule has 25 heavy (non-hydrogen) atoms. The summed E-state index contributed by atoms with van der Waals surface area (Å²) < 4.78 is 15.3. The van der Waals surface area contributed by atoms with Gasteiger partial charge in [0, 0.05) is 5.02 Å². The zero-order valence-electron chi connectivity index (χ0n) is 13.0. The third-order valence-electron chi connectivity index (χ3n) is 3.61. The van der Waals surface area contributed by atoms with Gasteiger partial charge in [-0.3, -0.25) is 19.7 Å². The van der Waals surface area contributed by atoms with Crippen LogP contribution < -0.4 is 10.1 Å². The molecular formula is C17H14ClNO6. The van der Waals surface area contributed by atoms with Crippen molar-refractivity contribution >= 4 is 29.4 Å². The van der Waals surface area contributed by atoms with Crippen molar-refractivity contribution in [2.75, 3.05) is 13.2 Å². The van der Waals surface area contributed by atoms with Gasteiger partial charge in [-0.05, 0) is 42.3 Å². The Hall–Kier alpha value is -2.80. The number of halogens is 1. The number of ether oxygens (including phenoxy) is 2. The van der Waals surface area contributed by atoms with Crippen molar-refractivity contribution in [1.29, 1.82) is 0 Å². The zero-order chi connectivity index (χ0) is 17.8. The highest BCUT2D eigenvalue weighted by atomic mass is 35.5. The van der Waals surface area contributed by atoms with Crippen LogP contribution in [0.25, 0.3) is 0 Å². The van der Waals surface area contributed by atoms with Crippen molar-refractivity contribution in [3.05, 3.63) is 52.9 Å². The van der Waals surface area contributed by atoms with Gasteiger partial charge < -0.3 is 13.9 Å². The average Bonchev–Trinajstić information content (AvgIpc) is 3.13. The first-order chi connectivity index (χ1) is 12.0. The fourth-order valence-corrected chi connectivity index (χ4v) is 2.60. The average molecular weight is 364 g/mol. The van der Waals surface area contributed by atoms with Gasteiger partial charge in [0.05, 0.1) is 12.2 Å². The van der Waals surface area contributed by atoms with Crippen LogP contribution in [0.1, 0.15) is 16.1 Å². The highest BCUT2D eigenvalue weighted by Gasteiger charge is 2.28. The van der Waals surface area contributed by atoms with Crippen LogP contribution in [0.4, 0.5) is 0 Å². The second-order valence-electron chi connectivity index (χ2n) is 5.43. The molecule has 1 aliphatic rings. The highest BCUT2D eigenvalue weighted by Crippen LogP contribution is 2.30. The SMILES string of the molecule is O=C(COC(=O)C1COc2ccc(Cl)cc2C1)NC(=O)c1ccco1. The van der Waals surface area contributed by atoms with Crippen LogP contribution in [0.2, 0.25) is 5.02 Å². The molecule has 0 radical (unpaired) electrons. The Kier molecular flexibility index (Phi) is 5.04. The third-order valence-corrected chi connectivity index (χ3v) is 3.84. The van der Waals surface area contributed by atoms with E-state index >= 15 is 0 Å². The van der Waals surface area contributed by atoms with Crippen LogP contribution in [-0.2, 0) is 20.7 Å². The summed E-state index contributed by atoms with van der Waals surface area (Å²) in [5, 5.41) is 2.61. The first-order valence-corrected chi connectivity index (χ1v) is 7.86. The van der Waals surface area contributed by atoms with Crippen molar-refractivity contribution in [1.82, 2.24) is 5.32 Å². The molecule has 0 aliphatic carbocycles. The number of fused-ring (bicyclic) bond motifs is 1. The van der Waals surface area contributed by atoms with E-state index in [2.05, 4.69) is 5.32 Å². The first-order valence-electron chi connectivity index (χ1n) is 7.48. The second-order valence-corrected chi connectivity index (χ2v) is 5.86. The number of carbonyl (C=O) groups excluding carboxylic acids is 3. The van der Waals surface area contributed by atoms with E-state index in [0.717, 1.165) is 5.56 Å². The third kappa shape index (κ3) is 4.19. The largest absolute Gasteiger partial charge is 0.492 e. The Morgan fingerprint density at radius 1 is 1.28 bits per heavy atom. The number of esters is 1. The molecule has 1 aromatic carbocycles. The van der Waals surface area contributed by atoms with Gasteiger partial charge in [0.15, 0.2) is 12.4 Å². The van der Waals surface area contributed by atoms with Crippen LogP contribution in [0.5, 0.6) is 5.75 Å². The van der Waals surface area contributed by atoms with Crippen molar-refractivity contribution in [3.63, 3.8) is 0 Å². The lowest BCUT2D eigenvalue weighted by Crippen LogP contribution is -2.36. The van der Waals surface area contributed by atoms with E-state index in [1.54, 1.807) is 18.2 Å².